The van der Waals surface area contributed by atoms with Gasteiger partial charge in [0.25, 0.3) is 0 Å². The van der Waals surface area contributed by atoms with Crippen molar-refractivity contribution in [3.63, 3.8) is 0 Å². The number of rotatable bonds is 4. The molecule has 0 aliphatic carbocycles. The smallest absolute Gasteiger partial charge is 0.231 e. The molecule has 2 aromatic carbocycles. The molecule has 0 unspecified atom stereocenters. The van der Waals surface area contributed by atoms with Crippen LogP contribution < -0.4 is 10.1 Å². The second kappa shape index (κ2) is 8.70. The molecule has 0 bridgehead atoms. The Balaban J connectivity index is 1.46. The molecule has 168 valence electrons. The Morgan fingerprint density at radius 1 is 1.09 bits per heavy atom. The average Bonchev–Trinajstić information content (AvgIpc) is 3.33. The maximum atomic E-state index is 13.7. The van der Waals surface area contributed by atoms with Gasteiger partial charge < -0.3 is 15.0 Å². The van der Waals surface area contributed by atoms with Crippen molar-refractivity contribution in [3.05, 3.63) is 77.6 Å². The Hall–Kier alpha value is -3.67. The molecule has 6 heteroatoms. The number of likely N-dealkylation sites (tertiary alicyclic amines) is 1. The quantitative estimate of drug-likeness (QED) is 0.628. The third-order valence-corrected chi connectivity index (χ3v) is 6.57. The number of nitrogens with one attached hydrogen (secondary N) is 1. The van der Waals surface area contributed by atoms with E-state index in [1.807, 2.05) is 60.4 Å². The van der Waals surface area contributed by atoms with Gasteiger partial charge in [-0.05, 0) is 66.8 Å². The van der Waals surface area contributed by atoms with E-state index >= 15 is 0 Å². The number of methoxy groups -OCH3 is 1. The van der Waals surface area contributed by atoms with E-state index in [2.05, 4.69) is 17.4 Å². The molecule has 2 atom stereocenters. The number of pyridine rings is 1. The van der Waals surface area contributed by atoms with Gasteiger partial charge in [-0.3, -0.25) is 14.6 Å². The van der Waals surface area contributed by atoms with E-state index in [1.165, 1.54) is 0 Å². The van der Waals surface area contributed by atoms with Crippen LogP contribution in [0.2, 0.25) is 0 Å². The lowest BCUT2D eigenvalue weighted by Crippen LogP contribution is -2.38. The fourth-order valence-electron chi connectivity index (χ4n) is 4.98. The Bertz CT molecular complexity index is 1210. The molecule has 0 spiro atoms. The van der Waals surface area contributed by atoms with Crippen LogP contribution in [0.4, 0.5) is 5.69 Å². The molecule has 2 aliphatic rings. The van der Waals surface area contributed by atoms with Gasteiger partial charge in [0.05, 0.1) is 24.8 Å². The van der Waals surface area contributed by atoms with Crippen LogP contribution >= 0.6 is 0 Å². The lowest BCUT2D eigenvalue weighted by Gasteiger charge is -2.31. The fraction of sp³-hybridized carbons (Fsp3) is 0.296. The Morgan fingerprint density at radius 3 is 2.67 bits per heavy atom. The lowest BCUT2D eigenvalue weighted by molar-refractivity contribution is -0.135. The van der Waals surface area contributed by atoms with Crippen molar-refractivity contribution in [2.75, 3.05) is 19.0 Å². The van der Waals surface area contributed by atoms with E-state index in [4.69, 9.17) is 9.72 Å². The number of benzene rings is 2. The van der Waals surface area contributed by atoms with Gasteiger partial charge in [-0.2, -0.15) is 0 Å². The number of hydrogen-bond donors (Lipinski definition) is 1. The summed E-state index contributed by atoms with van der Waals surface area (Å²) in [5.41, 5.74) is 5.60. The van der Waals surface area contributed by atoms with Crippen LogP contribution in [0.15, 0.2) is 60.7 Å². The second-order valence-electron chi connectivity index (χ2n) is 8.73. The summed E-state index contributed by atoms with van der Waals surface area (Å²) in [5, 5.41) is 2.89. The molecule has 1 fully saturated rings. The van der Waals surface area contributed by atoms with Crippen LogP contribution in [-0.2, 0) is 9.59 Å². The van der Waals surface area contributed by atoms with Gasteiger partial charge in [-0.1, -0.05) is 30.3 Å². The number of fused-ring (bicyclic) bond motifs is 1. The molecule has 0 radical (unpaired) electrons. The van der Waals surface area contributed by atoms with Crippen LogP contribution in [0.1, 0.15) is 48.2 Å². The molecule has 1 N–H and O–H groups in total. The first-order valence-electron chi connectivity index (χ1n) is 11.4. The summed E-state index contributed by atoms with van der Waals surface area (Å²) in [6.45, 7) is 2.66. The number of aryl methyl sites for hydroxylation is 1. The maximum absolute atomic E-state index is 13.7. The molecule has 1 saturated heterocycles. The van der Waals surface area contributed by atoms with Gasteiger partial charge in [0.1, 0.15) is 5.75 Å². The van der Waals surface area contributed by atoms with E-state index in [1.54, 1.807) is 7.11 Å². The number of amides is 2. The monoisotopic (exact) mass is 441 g/mol. The van der Waals surface area contributed by atoms with E-state index in [0.29, 0.717) is 6.54 Å². The summed E-state index contributed by atoms with van der Waals surface area (Å²) in [6, 6.07) is 19.6. The first-order valence-corrected chi connectivity index (χ1v) is 11.4. The number of para-hydroxylation sites is 1. The Kier molecular flexibility index (Phi) is 5.58. The predicted octanol–water partition coefficient (Wildman–Crippen LogP) is 4.86. The summed E-state index contributed by atoms with van der Waals surface area (Å²) < 4.78 is 5.28. The van der Waals surface area contributed by atoms with Crippen LogP contribution in [0.5, 0.6) is 5.75 Å². The standard InChI is InChI=1S/C27H27N3O3/c1-17-14-19(18-9-11-20(33-2)12-10-18)15-24(28-17)25-8-5-13-30(25)27(32)22-16-26(31)29-23-7-4-3-6-21(22)23/h3-4,6-7,9-12,14-15,22,25H,5,8,13,16H2,1-2H3,(H,29,31)/t22-,25+/m1/s1. The molecule has 3 heterocycles. The van der Waals surface area contributed by atoms with Crippen molar-refractivity contribution in [2.45, 2.75) is 38.1 Å². The van der Waals surface area contributed by atoms with Crippen LogP contribution in [0.3, 0.4) is 0 Å². The third kappa shape index (κ3) is 4.09. The van der Waals surface area contributed by atoms with E-state index in [-0.39, 0.29) is 24.3 Å². The molecule has 1 aromatic heterocycles. The van der Waals surface area contributed by atoms with E-state index in [9.17, 15) is 9.59 Å². The summed E-state index contributed by atoms with van der Waals surface area (Å²) in [6.07, 6.45) is 1.96. The summed E-state index contributed by atoms with van der Waals surface area (Å²) in [7, 11) is 1.66. The highest BCUT2D eigenvalue weighted by Gasteiger charge is 2.38. The van der Waals surface area contributed by atoms with Crippen molar-refractivity contribution in [3.8, 4) is 16.9 Å². The zero-order chi connectivity index (χ0) is 22.9. The zero-order valence-electron chi connectivity index (χ0n) is 18.9. The molecule has 3 aromatic rings. The maximum Gasteiger partial charge on any atom is 0.231 e. The van der Waals surface area contributed by atoms with Crippen LogP contribution in [0.25, 0.3) is 11.1 Å². The number of anilines is 1. The van der Waals surface area contributed by atoms with Crippen molar-refractivity contribution < 1.29 is 14.3 Å². The van der Waals surface area contributed by atoms with E-state index in [0.717, 1.165) is 52.4 Å². The molecular formula is C27H27N3O3. The zero-order valence-corrected chi connectivity index (χ0v) is 18.9. The van der Waals surface area contributed by atoms with Gasteiger partial charge in [-0.15, -0.1) is 0 Å². The van der Waals surface area contributed by atoms with Crippen LogP contribution in [0, 0.1) is 6.92 Å². The third-order valence-electron chi connectivity index (χ3n) is 6.57. The molecular weight excluding hydrogens is 414 g/mol. The Morgan fingerprint density at radius 2 is 1.88 bits per heavy atom. The molecule has 33 heavy (non-hydrogen) atoms. The minimum atomic E-state index is -0.457. The fourth-order valence-corrected chi connectivity index (χ4v) is 4.98. The van der Waals surface area contributed by atoms with E-state index < -0.39 is 5.92 Å². The average molecular weight is 442 g/mol. The topological polar surface area (TPSA) is 71.5 Å². The van der Waals surface area contributed by atoms with Crippen LogP contribution in [-0.4, -0.2) is 35.4 Å². The number of ether oxygens (including phenoxy) is 1. The minimum Gasteiger partial charge on any atom is -0.497 e. The second-order valence-corrected chi connectivity index (χ2v) is 8.73. The molecule has 2 amide bonds. The summed E-state index contributed by atoms with van der Waals surface area (Å²) >= 11 is 0. The van der Waals surface area contributed by atoms with Crippen molar-refractivity contribution in [1.29, 1.82) is 0 Å². The number of nitrogens with zero attached hydrogens (tertiary/aromatic N) is 2. The SMILES string of the molecule is COc1ccc(-c2cc(C)nc([C@@H]3CCCN3C(=O)[C@@H]3CC(=O)Nc4ccccc43)c2)cc1. The van der Waals surface area contributed by atoms with Gasteiger partial charge in [0.15, 0.2) is 0 Å². The molecule has 2 aliphatic heterocycles. The highest BCUT2D eigenvalue weighted by atomic mass is 16.5. The van der Waals surface area contributed by atoms with Gasteiger partial charge in [-0.25, -0.2) is 0 Å². The normalized spacial score (nSPS) is 19.7. The number of hydrogen-bond acceptors (Lipinski definition) is 4. The van der Waals surface area contributed by atoms with Crippen molar-refractivity contribution in [2.24, 2.45) is 0 Å². The largest absolute Gasteiger partial charge is 0.497 e. The summed E-state index contributed by atoms with van der Waals surface area (Å²) in [5.74, 6) is 0.253. The summed E-state index contributed by atoms with van der Waals surface area (Å²) in [4.78, 5) is 32.7. The number of carbonyl (C=O) groups is 2. The molecule has 5 rings (SSSR count). The van der Waals surface area contributed by atoms with Gasteiger partial charge in [0.2, 0.25) is 11.8 Å². The van der Waals surface area contributed by atoms with Gasteiger partial charge in [0, 0.05) is 24.3 Å². The highest BCUT2D eigenvalue weighted by molar-refractivity contribution is 6.01. The number of carbonyl (C=O) groups excluding carboxylic acids is 2. The predicted molar refractivity (Wildman–Crippen MR) is 127 cm³/mol. The van der Waals surface area contributed by atoms with Gasteiger partial charge >= 0.3 is 0 Å². The minimum absolute atomic E-state index is 0.00843. The van der Waals surface area contributed by atoms with Crippen molar-refractivity contribution in [1.82, 2.24) is 9.88 Å². The first-order chi connectivity index (χ1) is 16.0. The highest BCUT2D eigenvalue weighted by Crippen LogP contribution is 2.39. The number of aromatic nitrogens is 1. The van der Waals surface area contributed by atoms with Crippen molar-refractivity contribution >= 4 is 17.5 Å². The molecule has 0 saturated carbocycles. The Labute approximate surface area is 193 Å². The molecule has 6 nitrogen and oxygen atoms in total. The lowest BCUT2D eigenvalue weighted by atomic mass is 9.89. The first kappa shape index (κ1) is 21.2.